The molecule has 5 nitrogen and oxygen atoms in total. The average molecular weight is 208 g/mol. The van der Waals surface area contributed by atoms with Crippen LogP contribution in [0.1, 0.15) is 19.3 Å². The summed E-state index contributed by atoms with van der Waals surface area (Å²) in [5.41, 5.74) is 0.107. The molecule has 1 fully saturated rings. The third-order valence-electron chi connectivity index (χ3n) is 2.69. The molecule has 5 heteroatoms. The number of nitrogens with zero attached hydrogens (tertiary/aromatic N) is 2. The molecule has 1 aromatic rings. The van der Waals surface area contributed by atoms with Crippen LogP contribution in [0.4, 0.5) is 11.5 Å². The molecule has 15 heavy (non-hydrogen) atoms. The Labute approximate surface area is 87.9 Å². The van der Waals surface area contributed by atoms with Crippen LogP contribution in [0.2, 0.25) is 0 Å². The van der Waals surface area contributed by atoms with Crippen molar-refractivity contribution in [2.45, 2.75) is 19.3 Å². The summed E-state index contributed by atoms with van der Waals surface area (Å²) in [6.45, 7) is 2.07. The lowest BCUT2D eigenvalue weighted by atomic mass is 10.1. The molecule has 2 rings (SSSR count). The van der Waals surface area contributed by atoms with Gasteiger partial charge >= 0.3 is 5.69 Å². The minimum absolute atomic E-state index is 0.107. The summed E-state index contributed by atoms with van der Waals surface area (Å²) < 4.78 is 0. The van der Waals surface area contributed by atoms with E-state index < -0.39 is 4.92 Å². The number of rotatable bonds is 2. The molecule has 1 aliphatic rings. The van der Waals surface area contributed by atoms with Crippen LogP contribution >= 0.6 is 0 Å². The number of nitrogens with one attached hydrogen (secondary N) is 1. The molecule has 0 atom stereocenters. The fourth-order valence-electron chi connectivity index (χ4n) is 1.85. The van der Waals surface area contributed by atoms with E-state index in [-0.39, 0.29) is 5.69 Å². The summed E-state index contributed by atoms with van der Waals surface area (Å²) >= 11 is 0. The van der Waals surface area contributed by atoms with Gasteiger partial charge in [0.25, 0.3) is 5.82 Å². The quantitative estimate of drug-likeness (QED) is 0.545. The number of hydrogen-bond donors (Lipinski definition) is 0. The van der Waals surface area contributed by atoms with Crippen molar-refractivity contribution in [3.8, 4) is 0 Å². The molecule has 1 saturated heterocycles. The molecular weight excluding hydrogens is 194 g/mol. The number of pyridine rings is 1. The number of H-pyrrole nitrogens is 1. The van der Waals surface area contributed by atoms with Gasteiger partial charge in [-0.05, 0) is 19.3 Å². The van der Waals surface area contributed by atoms with E-state index >= 15 is 0 Å². The van der Waals surface area contributed by atoms with Crippen LogP contribution in [0.25, 0.3) is 0 Å². The van der Waals surface area contributed by atoms with Gasteiger partial charge in [-0.2, -0.15) is 0 Å². The zero-order valence-electron chi connectivity index (χ0n) is 8.48. The molecule has 1 N–H and O–H groups in total. The minimum atomic E-state index is -0.392. The molecule has 0 saturated carbocycles. The number of hydrogen-bond acceptors (Lipinski definition) is 3. The van der Waals surface area contributed by atoms with Gasteiger partial charge in [-0.15, -0.1) is 0 Å². The highest BCUT2D eigenvalue weighted by Gasteiger charge is 2.19. The Morgan fingerprint density at radius 2 is 2.00 bits per heavy atom. The van der Waals surface area contributed by atoms with Gasteiger partial charge in [-0.3, -0.25) is 15.0 Å². The van der Waals surface area contributed by atoms with Crippen molar-refractivity contribution >= 4 is 11.5 Å². The van der Waals surface area contributed by atoms with Crippen molar-refractivity contribution in [2.75, 3.05) is 18.0 Å². The zero-order chi connectivity index (χ0) is 10.7. The Balaban J connectivity index is 2.11. The fourth-order valence-corrected chi connectivity index (χ4v) is 1.85. The normalized spacial score (nSPS) is 16.4. The molecule has 1 aliphatic heterocycles. The lowest BCUT2D eigenvalue weighted by Gasteiger charge is -2.20. The van der Waals surface area contributed by atoms with Crippen molar-refractivity contribution in [3.05, 3.63) is 28.4 Å². The maximum Gasteiger partial charge on any atom is 0.308 e. The van der Waals surface area contributed by atoms with E-state index in [1.165, 1.54) is 25.5 Å². The second-order valence-electron chi connectivity index (χ2n) is 3.74. The Kier molecular flexibility index (Phi) is 2.80. The van der Waals surface area contributed by atoms with Crippen LogP contribution in [0.5, 0.6) is 0 Å². The summed E-state index contributed by atoms with van der Waals surface area (Å²) in [7, 11) is 0. The molecule has 2 heterocycles. The molecule has 0 amide bonds. The van der Waals surface area contributed by atoms with Crippen molar-refractivity contribution < 1.29 is 9.91 Å². The van der Waals surface area contributed by atoms with Gasteiger partial charge in [0.15, 0.2) is 6.20 Å². The van der Waals surface area contributed by atoms with E-state index in [0.717, 1.165) is 18.9 Å². The summed E-state index contributed by atoms with van der Waals surface area (Å²) in [6.07, 6.45) is 5.13. The van der Waals surface area contributed by atoms with Crippen molar-refractivity contribution in [1.29, 1.82) is 0 Å². The van der Waals surface area contributed by atoms with Gasteiger partial charge in [0, 0.05) is 12.1 Å². The van der Waals surface area contributed by atoms with Gasteiger partial charge in [0.05, 0.1) is 18.0 Å². The van der Waals surface area contributed by atoms with E-state index in [9.17, 15) is 10.1 Å². The topological polar surface area (TPSA) is 60.5 Å². The third-order valence-corrected chi connectivity index (χ3v) is 2.69. The Hall–Kier alpha value is -1.65. The number of aromatic nitrogens is 1. The first-order chi connectivity index (χ1) is 7.27. The van der Waals surface area contributed by atoms with Gasteiger partial charge in [0.1, 0.15) is 0 Å². The summed E-state index contributed by atoms with van der Waals surface area (Å²) in [6, 6.07) is 3.32. The lowest BCUT2D eigenvalue weighted by molar-refractivity contribution is -0.414. The second kappa shape index (κ2) is 4.25. The second-order valence-corrected chi connectivity index (χ2v) is 3.74. The Morgan fingerprint density at radius 3 is 2.53 bits per heavy atom. The highest BCUT2D eigenvalue weighted by Crippen LogP contribution is 2.16. The SMILES string of the molecule is O=[N+]([O-])c1ccc(N2CCCCC2)[nH+]c1. The third kappa shape index (κ3) is 2.23. The molecule has 0 aliphatic carbocycles. The largest absolute Gasteiger partial charge is 0.308 e. The average Bonchev–Trinajstić information content (AvgIpc) is 2.30. The first-order valence-corrected chi connectivity index (χ1v) is 5.18. The number of aromatic amines is 1. The summed E-state index contributed by atoms with van der Waals surface area (Å²) in [5, 5.41) is 10.5. The molecule has 80 valence electrons. The van der Waals surface area contributed by atoms with E-state index in [4.69, 9.17) is 0 Å². The maximum absolute atomic E-state index is 10.5. The zero-order valence-corrected chi connectivity index (χ0v) is 8.48. The van der Waals surface area contributed by atoms with E-state index in [1.807, 2.05) is 0 Å². The van der Waals surface area contributed by atoms with Crippen LogP contribution in [0, 0.1) is 10.1 Å². The van der Waals surface area contributed by atoms with E-state index in [1.54, 1.807) is 12.1 Å². The smallest absolute Gasteiger partial charge is 0.262 e. The van der Waals surface area contributed by atoms with E-state index in [2.05, 4.69) is 9.88 Å². The fraction of sp³-hybridized carbons (Fsp3) is 0.500. The van der Waals surface area contributed by atoms with Crippen molar-refractivity contribution in [3.63, 3.8) is 0 Å². The first kappa shape index (κ1) is 9.89. The number of nitro groups is 1. The molecule has 0 spiro atoms. The van der Waals surface area contributed by atoms with Crippen molar-refractivity contribution in [2.24, 2.45) is 0 Å². The molecular formula is C10H14N3O2+. The number of anilines is 1. The van der Waals surface area contributed by atoms with Gasteiger partial charge < -0.3 is 0 Å². The molecule has 0 unspecified atom stereocenters. The summed E-state index contributed by atoms with van der Waals surface area (Å²) in [5.74, 6) is 0.973. The predicted octanol–water partition coefficient (Wildman–Crippen LogP) is 1.40. The van der Waals surface area contributed by atoms with Gasteiger partial charge in [0.2, 0.25) is 0 Å². The Bertz CT molecular complexity index is 344. The van der Waals surface area contributed by atoms with Crippen LogP contribution in [-0.4, -0.2) is 18.0 Å². The highest BCUT2D eigenvalue weighted by atomic mass is 16.6. The standard InChI is InChI=1S/C10H13N3O2/c14-13(15)9-4-5-10(11-8-9)12-6-2-1-3-7-12/h4-5,8H,1-3,6-7H2/p+1. The molecule has 0 bridgehead atoms. The van der Waals surface area contributed by atoms with Gasteiger partial charge in [-0.1, -0.05) is 0 Å². The maximum atomic E-state index is 10.5. The predicted molar refractivity (Wildman–Crippen MR) is 55.7 cm³/mol. The summed E-state index contributed by atoms with van der Waals surface area (Å²) in [4.78, 5) is 15.3. The lowest BCUT2D eigenvalue weighted by Crippen LogP contribution is -2.33. The Morgan fingerprint density at radius 1 is 1.27 bits per heavy atom. The monoisotopic (exact) mass is 208 g/mol. The van der Waals surface area contributed by atoms with Crippen LogP contribution in [0.15, 0.2) is 18.3 Å². The van der Waals surface area contributed by atoms with Crippen LogP contribution in [-0.2, 0) is 0 Å². The minimum Gasteiger partial charge on any atom is -0.262 e. The van der Waals surface area contributed by atoms with E-state index in [0.29, 0.717) is 0 Å². The van der Waals surface area contributed by atoms with Crippen LogP contribution in [0.3, 0.4) is 0 Å². The molecule has 0 radical (unpaired) electrons. The molecule has 0 aromatic carbocycles. The van der Waals surface area contributed by atoms with Crippen molar-refractivity contribution in [1.82, 2.24) is 0 Å². The molecule has 1 aromatic heterocycles. The van der Waals surface area contributed by atoms with Gasteiger partial charge in [-0.25, -0.2) is 4.98 Å². The highest BCUT2D eigenvalue weighted by molar-refractivity contribution is 5.37. The van der Waals surface area contributed by atoms with Crippen LogP contribution < -0.4 is 9.88 Å². The first-order valence-electron chi connectivity index (χ1n) is 5.18. The number of piperidine rings is 1.